The van der Waals surface area contributed by atoms with Crippen LogP contribution < -0.4 is 22.1 Å². The summed E-state index contributed by atoms with van der Waals surface area (Å²) in [6.45, 7) is 14.0. The van der Waals surface area contributed by atoms with E-state index in [1.165, 1.54) is 0 Å². The molecule has 0 spiro atoms. The standard InChI is InChI=1S/2C23H29ClN2O4/c2*1-4-30-22(28)21-17(13-29-10-9-25)26-16-11-23(2,3)12-18(27)20(16)19(21)14-7-5-6-8-15(14)24/h2*5-8,19,26H,4,9-13,25H2,1-3H3/t2*19-/m00/s1. The number of rotatable bonds is 14. The Balaban J connectivity index is 0.000000228. The van der Waals surface area contributed by atoms with Crippen molar-refractivity contribution in [3.05, 3.63) is 115 Å². The highest BCUT2D eigenvalue weighted by Crippen LogP contribution is 2.50. The molecule has 2 aromatic carbocycles. The topological polar surface area (TPSA) is 181 Å². The van der Waals surface area contributed by atoms with Gasteiger partial charge < -0.3 is 41.0 Å². The van der Waals surface area contributed by atoms with Gasteiger partial charge in [0, 0.05) is 70.4 Å². The SMILES string of the molecule is CCOC(=O)C1=C(COCCN)NC2=C(C(=O)CC(C)(C)C2)[C@@H]1c1ccccc1Cl.CCOC(=O)C1=C(COCCN)NC2=C(C(=O)CC(C)(C)C2)[C@@H]1c1ccccc1Cl. The molecular weight excluding hydrogens is 807 g/mol. The fourth-order valence-electron chi connectivity index (χ4n) is 8.38. The van der Waals surface area contributed by atoms with Crippen molar-refractivity contribution in [3.8, 4) is 0 Å². The molecule has 0 fully saturated rings. The Bertz CT molecular complexity index is 1960. The lowest BCUT2D eigenvalue weighted by Crippen LogP contribution is -2.40. The van der Waals surface area contributed by atoms with Crippen molar-refractivity contribution in [2.24, 2.45) is 22.3 Å². The molecule has 12 nitrogen and oxygen atoms in total. The lowest BCUT2D eigenvalue weighted by Gasteiger charge is -2.40. The van der Waals surface area contributed by atoms with Gasteiger partial charge in [0.1, 0.15) is 0 Å². The van der Waals surface area contributed by atoms with Crippen molar-refractivity contribution in [2.45, 2.75) is 79.1 Å². The van der Waals surface area contributed by atoms with Gasteiger partial charge in [-0.3, -0.25) is 9.59 Å². The molecule has 2 aromatic rings. The molecular formula is C46H58Cl2N4O8. The number of allylic oxidation sites excluding steroid dienone is 4. The van der Waals surface area contributed by atoms with E-state index in [2.05, 4.69) is 38.3 Å². The van der Waals surface area contributed by atoms with Gasteiger partial charge in [0.25, 0.3) is 0 Å². The third kappa shape index (κ3) is 10.8. The summed E-state index contributed by atoms with van der Waals surface area (Å²) in [6.07, 6.45) is 2.18. The molecule has 2 heterocycles. The summed E-state index contributed by atoms with van der Waals surface area (Å²) in [4.78, 5) is 52.7. The van der Waals surface area contributed by atoms with E-state index in [4.69, 9.17) is 53.6 Å². The highest BCUT2D eigenvalue weighted by atomic mass is 35.5. The molecule has 6 rings (SSSR count). The van der Waals surface area contributed by atoms with Gasteiger partial charge in [-0.15, -0.1) is 0 Å². The van der Waals surface area contributed by atoms with Gasteiger partial charge in [-0.05, 0) is 60.8 Å². The van der Waals surface area contributed by atoms with Crippen molar-refractivity contribution in [3.63, 3.8) is 0 Å². The van der Waals surface area contributed by atoms with Crippen molar-refractivity contribution in [1.82, 2.24) is 10.6 Å². The van der Waals surface area contributed by atoms with E-state index in [0.717, 1.165) is 11.4 Å². The molecule has 4 aliphatic rings. The second-order valence-corrected chi connectivity index (χ2v) is 17.5. The number of nitrogens with one attached hydrogen (secondary N) is 2. The van der Waals surface area contributed by atoms with Crippen LogP contribution in [0, 0.1) is 10.8 Å². The van der Waals surface area contributed by atoms with Crippen molar-refractivity contribution in [2.75, 3.05) is 52.7 Å². The van der Waals surface area contributed by atoms with E-state index in [9.17, 15) is 19.2 Å². The van der Waals surface area contributed by atoms with Gasteiger partial charge in [0.15, 0.2) is 11.6 Å². The summed E-state index contributed by atoms with van der Waals surface area (Å²) in [5, 5.41) is 7.67. The van der Waals surface area contributed by atoms with Crippen molar-refractivity contribution >= 4 is 46.7 Å². The number of carbonyl (C=O) groups excluding carboxylic acids is 4. The summed E-state index contributed by atoms with van der Waals surface area (Å²) >= 11 is 13.1. The van der Waals surface area contributed by atoms with Crippen molar-refractivity contribution < 1.29 is 38.1 Å². The predicted octanol–water partition coefficient (Wildman–Crippen LogP) is 6.93. The number of nitrogens with two attached hydrogens (primary N) is 2. The highest BCUT2D eigenvalue weighted by molar-refractivity contribution is 6.32. The first-order valence-corrected chi connectivity index (χ1v) is 21.2. The number of ether oxygens (including phenoxy) is 4. The Morgan fingerprint density at radius 3 is 1.35 bits per heavy atom. The normalized spacial score (nSPS) is 20.7. The molecule has 0 unspecified atom stereocenters. The van der Waals surface area contributed by atoms with E-state index >= 15 is 0 Å². The van der Waals surface area contributed by atoms with E-state index in [1.54, 1.807) is 26.0 Å². The van der Waals surface area contributed by atoms with Crippen LogP contribution in [0.3, 0.4) is 0 Å². The summed E-state index contributed by atoms with van der Waals surface area (Å²) in [6, 6.07) is 14.6. The second-order valence-electron chi connectivity index (χ2n) is 16.7. The number of halogens is 2. The number of dihydropyridines is 2. The lowest BCUT2D eigenvalue weighted by atomic mass is 9.68. The number of esters is 2. The van der Waals surface area contributed by atoms with Crippen LogP contribution in [0.25, 0.3) is 0 Å². The molecule has 0 saturated heterocycles. The third-order valence-corrected chi connectivity index (χ3v) is 11.4. The summed E-state index contributed by atoms with van der Waals surface area (Å²) in [7, 11) is 0. The van der Waals surface area contributed by atoms with Crippen LogP contribution >= 0.6 is 23.2 Å². The van der Waals surface area contributed by atoms with Gasteiger partial charge in [-0.25, -0.2) is 9.59 Å². The Morgan fingerprint density at radius 1 is 0.650 bits per heavy atom. The number of ketones is 2. The average Bonchev–Trinajstić information content (AvgIpc) is 3.17. The fourth-order valence-corrected chi connectivity index (χ4v) is 8.87. The van der Waals surface area contributed by atoms with Crippen LogP contribution in [-0.2, 0) is 38.1 Å². The second kappa shape index (κ2) is 20.5. The Hall–Kier alpha value is -4.30. The van der Waals surface area contributed by atoms with Gasteiger partial charge in [0.05, 0.1) is 62.2 Å². The van der Waals surface area contributed by atoms with Gasteiger partial charge >= 0.3 is 11.9 Å². The molecule has 0 radical (unpaired) electrons. The highest BCUT2D eigenvalue weighted by Gasteiger charge is 2.46. The summed E-state index contributed by atoms with van der Waals surface area (Å²) in [5.74, 6) is -2.14. The fraction of sp³-hybridized carbons (Fsp3) is 0.478. The molecule has 60 heavy (non-hydrogen) atoms. The van der Waals surface area contributed by atoms with E-state index in [1.807, 2.05) is 36.4 Å². The predicted molar refractivity (Wildman–Crippen MR) is 232 cm³/mol. The molecule has 2 aliphatic heterocycles. The van der Waals surface area contributed by atoms with Gasteiger partial charge in [-0.1, -0.05) is 87.3 Å². The molecule has 0 aromatic heterocycles. The Morgan fingerprint density at radius 2 is 1.02 bits per heavy atom. The molecule has 324 valence electrons. The van der Waals surface area contributed by atoms with Crippen LogP contribution in [0.1, 0.15) is 90.2 Å². The maximum absolute atomic E-state index is 13.3. The minimum atomic E-state index is -0.603. The van der Waals surface area contributed by atoms with Crippen LogP contribution in [-0.4, -0.2) is 76.2 Å². The van der Waals surface area contributed by atoms with Crippen LogP contribution in [0.5, 0.6) is 0 Å². The lowest BCUT2D eigenvalue weighted by molar-refractivity contribution is -0.140. The van der Waals surface area contributed by atoms with Gasteiger partial charge in [-0.2, -0.15) is 0 Å². The molecule has 2 aliphatic carbocycles. The number of hydrogen-bond donors (Lipinski definition) is 4. The number of hydrogen-bond acceptors (Lipinski definition) is 12. The maximum atomic E-state index is 13.3. The zero-order valence-electron chi connectivity index (χ0n) is 35.4. The monoisotopic (exact) mass is 864 g/mol. The molecule has 0 bridgehead atoms. The summed E-state index contributed by atoms with van der Waals surface area (Å²) in [5.41, 5.74) is 16.9. The first-order valence-electron chi connectivity index (χ1n) is 20.5. The minimum Gasteiger partial charge on any atom is -0.463 e. The van der Waals surface area contributed by atoms with E-state index < -0.39 is 23.8 Å². The van der Waals surface area contributed by atoms with E-state index in [0.29, 0.717) is 107 Å². The molecule has 14 heteroatoms. The maximum Gasteiger partial charge on any atom is 0.336 e. The Kier molecular flexibility index (Phi) is 16.0. The van der Waals surface area contributed by atoms with Crippen molar-refractivity contribution in [1.29, 1.82) is 0 Å². The number of benzene rings is 2. The zero-order chi connectivity index (χ0) is 43.8. The number of Topliss-reactive ketones (excluding diaryl/α,β-unsaturated/α-hetero) is 2. The first kappa shape index (κ1) is 46.8. The smallest absolute Gasteiger partial charge is 0.336 e. The third-order valence-electron chi connectivity index (χ3n) is 10.7. The number of carbonyl (C=O) groups is 4. The molecule has 0 saturated carbocycles. The Labute approximate surface area is 363 Å². The zero-order valence-corrected chi connectivity index (χ0v) is 36.9. The summed E-state index contributed by atoms with van der Waals surface area (Å²) < 4.78 is 22.1. The van der Waals surface area contributed by atoms with Crippen LogP contribution in [0.4, 0.5) is 0 Å². The molecule has 0 amide bonds. The molecule has 6 N–H and O–H groups in total. The van der Waals surface area contributed by atoms with Crippen LogP contribution in [0.2, 0.25) is 10.0 Å². The van der Waals surface area contributed by atoms with E-state index in [-0.39, 0.29) is 48.8 Å². The quantitative estimate of drug-likeness (QED) is 0.114. The average molecular weight is 866 g/mol. The molecule has 2 atom stereocenters. The minimum absolute atomic E-state index is 0.0161. The first-order chi connectivity index (χ1) is 28.6. The van der Waals surface area contributed by atoms with Crippen LogP contribution in [0.15, 0.2) is 93.6 Å². The largest absolute Gasteiger partial charge is 0.463 e. The van der Waals surface area contributed by atoms with Gasteiger partial charge in [0.2, 0.25) is 0 Å².